The zero-order chi connectivity index (χ0) is 12.2. The number of nitrogens with one attached hydrogen (secondary N) is 1. The Morgan fingerprint density at radius 3 is 2.44 bits per heavy atom. The van der Waals surface area contributed by atoms with Crippen molar-refractivity contribution in [2.75, 3.05) is 11.9 Å². The molecule has 0 aliphatic heterocycles. The zero-order valence-corrected chi connectivity index (χ0v) is 10.6. The van der Waals surface area contributed by atoms with E-state index < -0.39 is 0 Å². The highest BCUT2D eigenvalue weighted by molar-refractivity contribution is 5.38. The maximum Gasteiger partial charge on any atom is 0.126 e. The number of anilines is 1. The summed E-state index contributed by atoms with van der Waals surface area (Å²) in [7, 11) is 0. The first-order valence-electron chi connectivity index (χ1n) is 5.81. The Labute approximate surface area is 97.9 Å². The quantitative estimate of drug-likeness (QED) is 0.823. The van der Waals surface area contributed by atoms with E-state index in [1.165, 1.54) is 5.56 Å². The molecule has 0 aromatic carbocycles. The van der Waals surface area contributed by atoms with Crippen LogP contribution < -0.4 is 5.32 Å². The molecule has 2 N–H and O–H groups in total. The highest BCUT2D eigenvalue weighted by Gasteiger charge is 2.14. The van der Waals surface area contributed by atoms with Crippen molar-refractivity contribution in [3.63, 3.8) is 0 Å². The van der Waals surface area contributed by atoms with Gasteiger partial charge in [-0.15, -0.1) is 0 Å². The summed E-state index contributed by atoms with van der Waals surface area (Å²) < 4.78 is 0. The van der Waals surface area contributed by atoms with Crippen LogP contribution in [0.15, 0.2) is 18.3 Å². The van der Waals surface area contributed by atoms with Crippen molar-refractivity contribution in [2.45, 2.75) is 45.6 Å². The molecule has 90 valence electrons. The molecule has 3 nitrogen and oxygen atoms in total. The molecule has 1 aromatic heterocycles. The third kappa shape index (κ3) is 3.49. The summed E-state index contributed by atoms with van der Waals surface area (Å²) in [5.74, 6) is 0.828. The summed E-state index contributed by atoms with van der Waals surface area (Å²) in [6.45, 7) is 8.68. The molecule has 1 rings (SSSR count). The largest absolute Gasteiger partial charge is 0.394 e. The standard InChI is InChI=1S/C13H22N2O/c1-5-11(9-16)15-12-7-6-10(8-14-12)13(2,3)4/h6-8,11,16H,5,9H2,1-4H3,(H,14,15). The molecule has 0 fully saturated rings. The first-order valence-corrected chi connectivity index (χ1v) is 5.81. The van der Waals surface area contributed by atoms with E-state index in [4.69, 9.17) is 5.11 Å². The summed E-state index contributed by atoms with van der Waals surface area (Å²) >= 11 is 0. The third-order valence-electron chi connectivity index (χ3n) is 2.69. The first-order chi connectivity index (χ1) is 7.47. The number of nitrogens with zero attached hydrogens (tertiary/aromatic N) is 1. The van der Waals surface area contributed by atoms with Gasteiger partial charge in [-0.3, -0.25) is 0 Å². The highest BCUT2D eigenvalue weighted by atomic mass is 16.3. The first kappa shape index (κ1) is 13.0. The Morgan fingerprint density at radius 2 is 2.06 bits per heavy atom. The van der Waals surface area contributed by atoms with Crippen molar-refractivity contribution in [1.29, 1.82) is 0 Å². The average molecular weight is 222 g/mol. The van der Waals surface area contributed by atoms with Crippen LogP contribution in [-0.2, 0) is 5.41 Å². The highest BCUT2D eigenvalue weighted by Crippen LogP contribution is 2.22. The number of aliphatic hydroxyl groups excluding tert-OH is 1. The smallest absolute Gasteiger partial charge is 0.126 e. The number of hydrogen-bond donors (Lipinski definition) is 2. The fourth-order valence-electron chi connectivity index (χ4n) is 1.41. The van der Waals surface area contributed by atoms with E-state index in [0.717, 1.165) is 12.2 Å². The van der Waals surface area contributed by atoms with Crippen LogP contribution in [0.25, 0.3) is 0 Å². The van der Waals surface area contributed by atoms with Gasteiger partial charge in [0.25, 0.3) is 0 Å². The second-order valence-electron chi connectivity index (χ2n) is 5.11. The second-order valence-corrected chi connectivity index (χ2v) is 5.11. The predicted octanol–water partition coefficient (Wildman–Crippen LogP) is 2.56. The molecule has 0 saturated carbocycles. The minimum Gasteiger partial charge on any atom is -0.394 e. The monoisotopic (exact) mass is 222 g/mol. The van der Waals surface area contributed by atoms with Gasteiger partial charge in [-0.1, -0.05) is 33.8 Å². The van der Waals surface area contributed by atoms with Gasteiger partial charge in [-0.05, 0) is 23.5 Å². The molecule has 0 bridgehead atoms. The molecule has 0 amide bonds. The van der Waals surface area contributed by atoms with Gasteiger partial charge in [0.2, 0.25) is 0 Å². The molecule has 0 spiro atoms. The summed E-state index contributed by atoms with van der Waals surface area (Å²) in [6.07, 6.45) is 2.78. The zero-order valence-electron chi connectivity index (χ0n) is 10.6. The summed E-state index contributed by atoms with van der Waals surface area (Å²) in [5.41, 5.74) is 1.35. The van der Waals surface area contributed by atoms with Crippen molar-refractivity contribution < 1.29 is 5.11 Å². The Kier molecular flexibility index (Phi) is 4.30. The van der Waals surface area contributed by atoms with Crippen molar-refractivity contribution in [3.05, 3.63) is 23.9 Å². The number of pyridine rings is 1. The van der Waals surface area contributed by atoms with Crippen molar-refractivity contribution in [1.82, 2.24) is 4.98 Å². The van der Waals surface area contributed by atoms with Crippen LogP contribution in [0.5, 0.6) is 0 Å². The molecule has 0 aliphatic carbocycles. The van der Waals surface area contributed by atoms with Gasteiger partial charge < -0.3 is 10.4 Å². The minimum atomic E-state index is 0.0907. The van der Waals surface area contributed by atoms with Gasteiger partial charge in [0.1, 0.15) is 5.82 Å². The second kappa shape index (κ2) is 5.30. The van der Waals surface area contributed by atoms with Crippen LogP contribution >= 0.6 is 0 Å². The Bertz CT molecular complexity index is 310. The number of hydrogen-bond acceptors (Lipinski definition) is 3. The van der Waals surface area contributed by atoms with Gasteiger partial charge in [-0.25, -0.2) is 4.98 Å². The number of aromatic nitrogens is 1. The molecule has 0 aliphatic rings. The van der Waals surface area contributed by atoms with E-state index >= 15 is 0 Å². The van der Waals surface area contributed by atoms with Gasteiger partial charge in [0.15, 0.2) is 0 Å². The summed E-state index contributed by atoms with van der Waals surface area (Å²) in [6, 6.07) is 4.14. The fraction of sp³-hybridized carbons (Fsp3) is 0.615. The Morgan fingerprint density at radius 1 is 1.38 bits per heavy atom. The van der Waals surface area contributed by atoms with E-state index in [2.05, 4.69) is 37.1 Å². The summed E-state index contributed by atoms with van der Waals surface area (Å²) in [4.78, 5) is 4.36. The molecule has 1 atom stereocenters. The van der Waals surface area contributed by atoms with Gasteiger partial charge >= 0.3 is 0 Å². The molecule has 16 heavy (non-hydrogen) atoms. The van der Waals surface area contributed by atoms with Crippen LogP contribution in [0.1, 0.15) is 39.7 Å². The lowest BCUT2D eigenvalue weighted by molar-refractivity contribution is 0.271. The topological polar surface area (TPSA) is 45.1 Å². The fourth-order valence-corrected chi connectivity index (χ4v) is 1.41. The Hall–Kier alpha value is -1.09. The van der Waals surface area contributed by atoms with E-state index in [9.17, 15) is 0 Å². The SMILES string of the molecule is CCC(CO)Nc1ccc(C(C)(C)C)cn1. The molecular formula is C13H22N2O. The molecule has 1 heterocycles. The third-order valence-corrected chi connectivity index (χ3v) is 2.69. The number of rotatable bonds is 4. The maximum atomic E-state index is 9.08. The van der Waals surface area contributed by atoms with Crippen LogP contribution in [0, 0.1) is 0 Å². The van der Waals surface area contributed by atoms with Gasteiger partial charge in [-0.2, -0.15) is 0 Å². The van der Waals surface area contributed by atoms with E-state index in [-0.39, 0.29) is 18.1 Å². The van der Waals surface area contributed by atoms with Crippen molar-refractivity contribution in [3.8, 4) is 0 Å². The van der Waals surface area contributed by atoms with Crippen LogP contribution in [0.4, 0.5) is 5.82 Å². The maximum absolute atomic E-state index is 9.08. The molecule has 1 aromatic rings. The lowest BCUT2D eigenvalue weighted by atomic mass is 9.88. The van der Waals surface area contributed by atoms with E-state index in [1.807, 2.05) is 19.2 Å². The lowest BCUT2D eigenvalue weighted by Crippen LogP contribution is -2.23. The summed E-state index contributed by atoms with van der Waals surface area (Å²) in [5, 5.41) is 12.3. The minimum absolute atomic E-state index is 0.0907. The predicted molar refractivity (Wildman–Crippen MR) is 67.7 cm³/mol. The van der Waals surface area contributed by atoms with Crippen molar-refractivity contribution in [2.24, 2.45) is 0 Å². The van der Waals surface area contributed by atoms with Crippen LogP contribution in [0.2, 0.25) is 0 Å². The Balaban J connectivity index is 2.72. The van der Waals surface area contributed by atoms with Gasteiger partial charge in [0, 0.05) is 6.20 Å². The molecular weight excluding hydrogens is 200 g/mol. The molecule has 1 unspecified atom stereocenters. The molecule has 3 heteroatoms. The van der Waals surface area contributed by atoms with Crippen LogP contribution in [-0.4, -0.2) is 22.7 Å². The molecule has 0 radical (unpaired) electrons. The van der Waals surface area contributed by atoms with E-state index in [1.54, 1.807) is 0 Å². The number of aliphatic hydroxyl groups is 1. The van der Waals surface area contributed by atoms with E-state index in [0.29, 0.717) is 0 Å². The normalized spacial score (nSPS) is 13.6. The van der Waals surface area contributed by atoms with Crippen LogP contribution in [0.3, 0.4) is 0 Å². The van der Waals surface area contributed by atoms with Gasteiger partial charge in [0.05, 0.1) is 12.6 Å². The average Bonchev–Trinajstić information content (AvgIpc) is 2.25. The lowest BCUT2D eigenvalue weighted by Gasteiger charge is -2.19. The molecule has 0 saturated heterocycles. The van der Waals surface area contributed by atoms with Crippen molar-refractivity contribution >= 4 is 5.82 Å².